The van der Waals surface area contributed by atoms with E-state index < -0.39 is 0 Å². The summed E-state index contributed by atoms with van der Waals surface area (Å²) in [6.07, 6.45) is 0. The van der Waals surface area contributed by atoms with Gasteiger partial charge in [-0.25, -0.2) is 0 Å². The number of nitrogens with one attached hydrogen (secondary N) is 1. The summed E-state index contributed by atoms with van der Waals surface area (Å²) in [6, 6.07) is 14.5. The third-order valence-electron chi connectivity index (χ3n) is 3.07. The first-order valence-electron chi connectivity index (χ1n) is 6.94. The van der Waals surface area contributed by atoms with Gasteiger partial charge in [0, 0.05) is 18.7 Å². The van der Waals surface area contributed by atoms with Gasteiger partial charge in [-0.2, -0.15) is 0 Å². The van der Waals surface area contributed by atoms with Crippen molar-refractivity contribution in [2.75, 3.05) is 20.3 Å². The van der Waals surface area contributed by atoms with Gasteiger partial charge in [-0.1, -0.05) is 41.9 Å². The number of rotatable bonds is 7. The second kappa shape index (κ2) is 8.41. The molecule has 0 heterocycles. The summed E-state index contributed by atoms with van der Waals surface area (Å²) in [5, 5.41) is 3.48. The maximum absolute atomic E-state index is 12.3. The third-order valence-corrected chi connectivity index (χ3v) is 3.44. The van der Waals surface area contributed by atoms with Crippen molar-refractivity contribution < 1.29 is 14.3 Å². The van der Waals surface area contributed by atoms with Crippen LogP contribution in [0.4, 0.5) is 0 Å². The van der Waals surface area contributed by atoms with Gasteiger partial charge in [0.2, 0.25) is 0 Å². The largest absolute Gasteiger partial charge is 0.490 e. The van der Waals surface area contributed by atoms with Crippen molar-refractivity contribution in [3.63, 3.8) is 0 Å². The van der Waals surface area contributed by atoms with E-state index in [4.69, 9.17) is 21.1 Å². The fourth-order valence-corrected chi connectivity index (χ4v) is 2.13. The van der Waals surface area contributed by atoms with Crippen LogP contribution in [0.3, 0.4) is 0 Å². The molecule has 0 saturated carbocycles. The summed E-state index contributed by atoms with van der Waals surface area (Å²) < 4.78 is 10.5. The number of para-hydroxylation sites is 1. The standard InChI is InChI=1S/C17H18ClNO3/c1-21-10-11-22-16-9-5-3-7-14(16)17(20)19-12-13-6-2-4-8-15(13)18/h2-9H,10-12H2,1H3,(H,19,20). The van der Waals surface area contributed by atoms with Crippen LogP contribution in [-0.2, 0) is 11.3 Å². The molecule has 4 nitrogen and oxygen atoms in total. The Morgan fingerprint density at radius 2 is 1.82 bits per heavy atom. The van der Waals surface area contributed by atoms with Crippen LogP contribution in [0.1, 0.15) is 15.9 Å². The van der Waals surface area contributed by atoms with Crippen molar-refractivity contribution in [3.8, 4) is 5.75 Å². The fourth-order valence-electron chi connectivity index (χ4n) is 1.93. The van der Waals surface area contributed by atoms with Crippen LogP contribution in [0.15, 0.2) is 48.5 Å². The number of amides is 1. The lowest BCUT2D eigenvalue weighted by Crippen LogP contribution is -2.23. The van der Waals surface area contributed by atoms with Gasteiger partial charge in [0.15, 0.2) is 0 Å². The zero-order chi connectivity index (χ0) is 15.8. The molecule has 0 bridgehead atoms. The molecule has 2 aromatic carbocycles. The van der Waals surface area contributed by atoms with Gasteiger partial charge in [0.1, 0.15) is 12.4 Å². The van der Waals surface area contributed by atoms with Crippen molar-refractivity contribution in [1.29, 1.82) is 0 Å². The van der Waals surface area contributed by atoms with Gasteiger partial charge in [0.05, 0.1) is 12.2 Å². The van der Waals surface area contributed by atoms with E-state index in [0.29, 0.717) is 36.1 Å². The highest BCUT2D eigenvalue weighted by atomic mass is 35.5. The van der Waals surface area contributed by atoms with Gasteiger partial charge in [-0.05, 0) is 23.8 Å². The molecule has 0 aromatic heterocycles. The molecule has 0 radical (unpaired) electrons. The minimum absolute atomic E-state index is 0.201. The summed E-state index contributed by atoms with van der Waals surface area (Å²) in [5.74, 6) is 0.337. The molecule has 1 N–H and O–H groups in total. The zero-order valence-electron chi connectivity index (χ0n) is 12.3. The van der Waals surface area contributed by atoms with Crippen molar-refractivity contribution in [2.24, 2.45) is 0 Å². The average molecular weight is 320 g/mol. The summed E-state index contributed by atoms with van der Waals surface area (Å²) in [7, 11) is 1.60. The van der Waals surface area contributed by atoms with E-state index in [1.165, 1.54) is 0 Å². The van der Waals surface area contributed by atoms with Crippen LogP contribution in [0.25, 0.3) is 0 Å². The summed E-state index contributed by atoms with van der Waals surface area (Å²) >= 11 is 6.08. The highest BCUT2D eigenvalue weighted by Gasteiger charge is 2.12. The minimum atomic E-state index is -0.201. The van der Waals surface area contributed by atoms with Crippen LogP contribution in [0, 0.1) is 0 Å². The molecule has 0 saturated heterocycles. The van der Waals surface area contributed by atoms with E-state index in [1.54, 1.807) is 31.4 Å². The smallest absolute Gasteiger partial charge is 0.255 e. The van der Waals surface area contributed by atoms with E-state index in [9.17, 15) is 4.79 Å². The van der Waals surface area contributed by atoms with Gasteiger partial charge >= 0.3 is 0 Å². The van der Waals surface area contributed by atoms with Gasteiger partial charge in [0.25, 0.3) is 5.91 Å². The molecule has 0 unspecified atom stereocenters. The maximum atomic E-state index is 12.3. The van der Waals surface area contributed by atoms with Crippen molar-refractivity contribution in [3.05, 3.63) is 64.7 Å². The Balaban J connectivity index is 2.01. The molecule has 22 heavy (non-hydrogen) atoms. The molecule has 2 rings (SSSR count). The zero-order valence-corrected chi connectivity index (χ0v) is 13.1. The molecule has 5 heteroatoms. The highest BCUT2D eigenvalue weighted by Crippen LogP contribution is 2.19. The van der Waals surface area contributed by atoms with E-state index >= 15 is 0 Å². The monoisotopic (exact) mass is 319 g/mol. The van der Waals surface area contributed by atoms with Crippen LogP contribution < -0.4 is 10.1 Å². The summed E-state index contributed by atoms with van der Waals surface area (Å²) in [4.78, 5) is 12.3. The topological polar surface area (TPSA) is 47.6 Å². The quantitative estimate of drug-likeness (QED) is 0.797. The average Bonchev–Trinajstić information content (AvgIpc) is 2.54. The maximum Gasteiger partial charge on any atom is 0.255 e. The second-order valence-corrected chi connectivity index (χ2v) is 5.02. The van der Waals surface area contributed by atoms with Gasteiger partial charge in [-0.3, -0.25) is 4.79 Å². The first kappa shape index (κ1) is 16.3. The molecule has 0 aliphatic heterocycles. The Morgan fingerprint density at radius 3 is 2.59 bits per heavy atom. The second-order valence-electron chi connectivity index (χ2n) is 4.61. The number of methoxy groups -OCH3 is 1. The SMILES string of the molecule is COCCOc1ccccc1C(=O)NCc1ccccc1Cl. The number of hydrogen-bond donors (Lipinski definition) is 1. The number of hydrogen-bond acceptors (Lipinski definition) is 3. The molecular weight excluding hydrogens is 302 g/mol. The van der Waals surface area contributed by atoms with E-state index in [-0.39, 0.29) is 5.91 Å². The molecule has 116 valence electrons. The predicted molar refractivity (Wildman–Crippen MR) is 86.4 cm³/mol. The molecule has 0 aliphatic rings. The van der Waals surface area contributed by atoms with Crippen molar-refractivity contribution in [1.82, 2.24) is 5.32 Å². The molecule has 1 amide bonds. The summed E-state index contributed by atoms with van der Waals surface area (Å²) in [5.41, 5.74) is 1.36. The van der Waals surface area contributed by atoms with Gasteiger partial charge < -0.3 is 14.8 Å². The molecule has 0 atom stereocenters. The molecule has 0 aliphatic carbocycles. The van der Waals surface area contributed by atoms with Crippen LogP contribution >= 0.6 is 11.6 Å². The number of carbonyl (C=O) groups excluding carboxylic acids is 1. The van der Waals surface area contributed by atoms with Crippen molar-refractivity contribution in [2.45, 2.75) is 6.54 Å². The van der Waals surface area contributed by atoms with E-state index in [0.717, 1.165) is 5.56 Å². The lowest BCUT2D eigenvalue weighted by Gasteiger charge is -2.12. The number of benzene rings is 2. The normalized spacial score (nSPS) is 10.3. The molecule has 0 fully saturated rings. The lowest BCUT2D eigenvalue weighted by molar-refractivity contribution is 0.0943. The van der Waals surface area contributed by atoms with Crippen LogP contribution in [-0.4, -0.2) is 26.2 Å². The predicted octanol–water partition coefficient (Wildman–Crippen LogP) is 3.30. The highest BCUT2D eigenvalue weighted by molar-refractivity contribution is 6.31. The molecule has 0 spiro atoms. The third kappa shape index (κ3) is 4.48. The fraction of sp³-hybridized carbons (Fsp3) is 0.235. The Kier molecular flexibility index (Phi) is 6.25. The first-order chi connectivity index (χ1) is 10.7. The Bertz CT molecular complexity index is 631. The van der Waals surface area contributed by atoms with Crippen LogP contribution in [0.5, 0.6) is 5.75 Å². The molecule has 2 aromatic rings. The Labute approximate surface area is 135 Å². The van der Waals surface area contributed by atoms with Crippen LogP contribution in [0.2, 0.25) is 5.02 Å². The van der Waals surface area contributed by atoms with Crippen molar-refractivity contribution >= 4 is 17.5 Å². The number of ether oxygens (including phenoxy) is 2. The van der Waals surface area contributed by atoms with E-state index in [1.807, 2.05) is 24.3 Å². The number of carbonyl (C=O) groups is 1. The van der Waals surface area contributed by atoms with E-state index in [2.05, 4.69) is 5.32 Å². The molecular formula is C17H18ClNO3. The summed E-state index contributed by atoms with van der Waals surface area (Å²) in [6.45, 7) is 1.23. The Morgan fingerprint density at radius 1 is 1.09 bits per heavy atom. The Hall–Kier alpha value is -2.04. The minimum Gasteiger partial charge on any atom is -0.490 e. The number of halogens is 1. The lowest BCUT2D eigenvalue weighted by atomic mass is 10.1. The first-order valence-corrected chi connectivity index (χ1v) is 7.32. The van der Waals surface area contributed by atoms with Gasteiger partial charge in [-0.15, -0.1) is 0 Å².